The average Bonchev–Trinajstić information content (AvgIpc) is 3.06. The highest BCUT2D eigenvalue weighted by Crippen LogP contribution is 2.30. The molecular weight excluding hydrogens is 373 g/mol. The number of nitrogens with one attached hydrogen (secondary N) is 1. The first-order chi connectivity index (χ1) is 13.4. The molecule has 0 spiro atoms. The summed E-state index contributed by atoms with van der Waals surface area (Å²) in [4.78, 5) is 19.7. The van der Waals surface area contributed by atoms with Crippen LogP contribution in [0.2, 0.25) is 0 Å². The number of pyridine rings is 1. The highest BCUT2D eigenvalue weighted by molar-refractivity contribution is 5.76. The Kier molecular flexibility index (Phi) is 5.81. The topological polar surface area (TPSA) is 69.0 Å². The lowest BCUT2D eigenvalue weighted by Gasteiger charge is -2.12. The number of para-hydroxylation sites is 1. The molecule has 2 aromatic heterocycles. The van der Waals surface area contributed by atoms with Gasteiger partial charge < -0.3 is 14.6 Å². The molecule has 0 radical (unpaired) electrons. The van der Waals surface area contributed by atoms with Gasteiger partial charge in [0, 0.05) is 25.7 Å². The van der Waals surface area contributed by atoms with Crippen LogP contribution in [-0.4, -0.2) is 34.1 Å². The second-order valence-electron chi connectivity index (χ2n) is 6.09. The Morgan fingerprint density at radius 1 is 1.21 bits per heavy atom. The molecule has 1 N–H and O–H groups in total. The van der Waals surface area contributed by atoms with Crippen LogP contribution in [0.25, 0.3) is 11.2 Å². The quantitative estimate of drug-likeness (QED) is 0.671. The summed E-state index contributed by atoms with van der Waals surface area (Å²) < 4.78 is 45.9. The van der Waals surface area contributed by atoms with Gasteiger partial charge in [-0.25, -0.2) is 9.97 Å². The summed E-state index contributed by atoms with van der Waals surface area (Å²) in [5, 5.41) is 2.65. The number of ether oxygens (including phenoxy) is 1. The zero-order chi connectivity index (χ0) is 20.1. The van der Waals surface area contributed by atoms with Crippen molar-refractivity contribution in [2.45, 2.75) is 25.6 Å². The third-order valence-corrected chi connectivity index (χ3v) is 4.23. The van der Waals surface area contributed by atoms with Gasteiger partial charge >= 0.3 is 6.18 Å². The van der Waals surface area contributed by atoms with Crippen LogP contribution in [0.1, 0.15) is 17.8 Å². The van der Waals surface area contributed by atoms with E-state index in [1.165, 1.54) is 18.3 Å². The van der Waals surface area contributed by atoms with Gasteiger partial charge in [-0.05, 0) is 30.2 Å². The molecule has 1 amide bonds. The van der Waals surface area contributed by atoms with E-state index in [4.69, 9.17) is 4.74 Å². The van der Waals surface area contributed by atoms with Crippen molar-refractivity contribution in [3.8, 4) is 5.75 Å². The van der Waals surface area contributed by atoms with Crippen molar-refractivity contribution in [2.24, 2.45) is 0 Å². The molecule has 0 aliphatic rings. The summed E-state index contributed by atoms with van der Waals surface area (Å²) in [6.45, 7) is -0.0430. The van der Waals surface area contributed by atoms with Crippen LogP contribution in [0.4, 0.5) is 13.2 Å². The van der Waals surface area contributed by atoms with E-state index in [9.17, 15) is 18.0 Å². The molecule has 0 bridgehead atoms. The monoisotopic (exact) mass is 392 g/mol. The number of alkyl halides is 3. The van der Waals surface area contributed by atoms with Crippen molar-refractivity contribution in [3.63, 3.8) is 0 Å². The van der Waals surface area contributed by atoms with Crippen molar-refractivity contribution in [1.29, 1.82) is 0 Å². The zero-order valence-corrected chi connectivity index (χ0v) is 15.2. The number of hydrogen-bond donors (Lipinski definition) is 1. The SMILES string of the molecule is COc1ccccc1CCC(=O)NCCn1c(C(F)(F)F)nc2cccnc21. The number of aryl methyl sites for hydroxylation is 1. The number of halogens is 3. The van der Waals surface area contributed by atoms with E-state index in [1.807, 2.05) is 24.3 Å². The Morgan fingerprint density at radius 3 is 2.75 bits per heavy atom. The molecule has 2 heterocycles. The molecular formula is C19H19F3N4O2. The van der Waals surface area contributed by atoms with Crippen molar-refractivity contribution < 1.29 is 22.7 Å². The normalized spacial score (nSPS) is 11.6. The van der Waals surface area contributed by atoms with E-state index in [2.05, 4.69) is 15.3 Å². The first kappa shape index (κ1) is 19.7. The standard InChI is InChI=1S/C19H19F3N4O2/c1-28-15-7-3-2-5-13(15)8-9-16(27)23-11-12-26-17-14(6-4-10-24-17)25-18(26)19(20,21)22/h2-7,10H,8-9,11-12H2,1H3,(H,23,27). The number of methoxy groups -OCH3 is 1. The van der Waals surface area contributed by atoms with E-state index in [1.54, 1.807) is 7.11 Å². The van der Waals surface area contributed by atoms with Gasteiger partial charge in [-0.2, -0.15) is 13.2 Å². The molecule has 1 aromatic carbocycles. The maximum absolute atomic E-state index is 13.2. The van der Waals surface area contributed by atoms with Crippen LogP contribution < -0.4 is 10.1 Å². The summed E-state index contributed by atoms with van der Waals surface area (Å²) in [6, 6.07) is 10.4. The van der Waals surface area contributed by atoms with Gasteiger partial charge in [-0.1, -0.05) is 18.2 Å². The molecule has 0 saturated carbocycles. The largest absolute Gasteiger partial charge is 0.496 e. The van der Waals surface area contributed by atoms with Gasteiger partial charge in [0.25, 0.3) is 0 Å². The molecule has 148 valence electrons. The Bertz CT molecular complexity index is 969. The number of amides is 1. The van der Waals surface area contributed by atoms with E-state index in [0.717, 1.165) is 10.1 Å². The lowest BCUT2D eigenvalue weighted by molar-refractivity contribution is -0.146. The lowest BCUT2D eigenvalue weighted by atomic mass is 10.1. The van der Waals surface area contributed by atoms with Gasteiger partial charge in [0.1, 0.15) is 11.3 Å². The molecule has 0 fully saturated rings. The third-order valence-electron chi connectivity index (χ3n) is 4.23. The van der Waals surface area contributed by atoms with Crippen molar-refractivity contribution in [3.05, 3.63) is 54.0 Å². The Hall–Kier alpha value is -3.10. The van der Waals surface area contributed by atoms with Crippen molar-refractivity contribution in [2.75, 3.05) is 13.7 Å². The van der Waals surface area contributed by atoms with Crippen LogP contribution in [0, 0.1) is 0 Å². The average molecular weight is 392 g/mol. The summed E-state index contributed by atoms with van der Waals surface area (Å²) in [7, 11) is 1.56. The highest BCUT2D eigenvalue weighted by atomic mass is 19.4. The summed E-state index contributed by atoms with van der Waals surface area (Å²) in [5.41, 5.74) is 1.19. The van der Waals surface area contributed by atoms with Crippen molar-refractivity contribution in [1.82, 2.24) is 19.9 Å². The number of rotatable bonds is 7. The van der Waals surface area contributed by atoms with E-state index < -0.39 is 12.0 Å². The second-order valence-corrected chi connectivity index (χ2v) is 6.09. The van der Waals surface area contributed by atoms with Gasteiger partial charge in [0.05, 0.1) is 7.11 Å². The molecule has 28 heavy (non-hydrogen) atoms. The summed E-state index contributed by atoms with van der Waals surface area (Å²) in [5.74, 6) is -0.581. The van der Waals surface area contributed by atoms with Crippen molar-refractivity contribution >= 4 is 17.1 Å². The number of carbonyl (C=O) groups is 1. The van der Waals surface area contributed by atoms with Crippen LogP contribution in [0.3, 0.4) is 0 Å². The maximum Gasteiger partial charge on any atom is 0.449 e. The molecule has 9 heteroatoms. The van der Waals surface area contributed by atoms with Gasteiger partial charge in [0.15, 0.2) is 5.65 Å². The van der Waals surface area contributed by atoms with E-state index >= 15 is 0 Å². The van der Waals surface area contributed by atoms with Crippen LogP contribution in [0.15, 0.2) is 42.6 Å². The number of benzene rings is 1. The van der Waals surface area contributed by atoms with Crippen LogP contribution >= 0.6 is 0 Å². The lowest BCUT2D eigenvalue weighted by Crippen LogP contribution is -2.28. The predicted octanol–water partition coefficient (Wildman–Crippen LogP) is 3.21. The Morgan fingerprint density at radius 2 is 2.00 bits per heavy atom. The number of carbonyl (C=O) groups excluding carboxylic acids is 1. The van der Waals surface area contributed by atoms with Crippen LogP contribution in [0.5, 0.6) is 5.75 Å². The molecule has 0 saturated heterocycles. The fourth-order valence-corrected chi connectivity index (χ4v) is 2.94. The molecule has 0 aliphatic carbocycles. The molecule has 0 unspecified atom stereocenters. The fourth-order valence-electron chi connectivity index (χ4n) is 2.94. The molecule has 0 atom stereocenters. The Balaban J connectivity index is 1.61. The minimum Gasteiger partial charge on any atom is -0.496 e. The molecule has 3 rings (SSSR count). The highest BCUT2D eigenvalue weighted by Gasteiger charge is 2.37. The number of aromatic nitrogens is 3. The van der Waals surface area contributed by atoms with E-state index in [0.29, 0.717) is 12.2 Å². The first-order valence-corrected chi connectivity index (χ1v) is 8.67. The molecule has 6 nitrogen and oxygen atoms in total. The summed E-state index contributed by atoms with van der Waals surface area (Å²) >= 11 is 0. The minimum absolute atomic E-state index is 0.0376. The maximum atomic E-state index is 13.2. The number of hydrogen-bond acceptors (Lipinski definition) is 4. The fraction of sp³-hybridized carbons (Fsp3) is 0.316. The molecule has 0 aliphatic heterocycles. The van der Waals surface area contributed by atoms with Crippen LogP contribution in [-0.2, 0) is 23.9 Å². The predicted molar refractivity (Wildman–Crippen MR) is 96.9 cm³/mol. The van der Waals surface area contributed by atoms with Gasteiger partial charge in [-0.3, -0.25) is 4.79 Å². The number of nitrogens with zero attached hydrogens (tertiary/aromatic N) is 3. The minimum atomic E-state index is -4.60. The second kappa shape index (κ2) is 8.28. The number of fused-ring (bicyclic) bond motifs is 1. The summed E-state index contributed by atoms with van der Waals surface area (Å²) in [6.07, 6.45) is -2.52. The van der Waals surface area contributed by atoms with Gasteiger partial charge in [-0.15, -0.1) is 0 Å². The third kappa shape index (κ3) is 4.41. The van der Waals surface area contributed by atoms with E-state index in [-0.39, 0.29) is 36.6 Å². The van der Waals surface area contributed by atoms with Gasteiger partial charge in [0.2, 0.25) is 11.7 Å². The first-order valence-electron chi connectivity index (χ1n) is 8.67. The zero-order valence-electron chi connectivity index (χ0n) is 15.2. The smallest absolute Gasteiger partial charge is 0.449 e. The molecule has 3 aromatic rings. The Labute approximate surface area is 159 Å². The number of imidazole rings is 1.